The van der Waals surface area contributed by atoms with Crippen LogP contribution in [0.15, 0.2) is 54.6 Å². The fourth-order valence-corrected chi connectivity index (χ4v) is 4.02. The molecule has 1 N–H and O–H groups in total. The molecule has 1 atom stereocenters. The van der Waals surface area contributed by atoms with E-state index in [2.05, 4.69) is 23.8 Å². The van der Waals surface area contributed by atoms with Crippen LogP contribution in [0.2, 0.25) is 0 Å². The lowest BCUT2D eigenvalue weighted by Crippen LogP contribution is -2.29. The summed E-state index contributed by atoms with van der Waals surface area (Å²) in [5, 5.41) is 0. The van der Waals surface area contributed by atoms with E-state index in [9.17, 15) is 13.2 Å². The van der Waals surface area contributed by atoms with Crippen molar-refractivity contribution < 1.29 is 13.2 Å². The van der Waals surface area contributed by atoms with Crippen molar-refractivity contribution >= 4 is 27.7 Å². The van der Waals surface area contributed by atoms with Crippen molar-refractivity contribution in [3.8, 4) is 0 Å². The fraction of sp³-hybridized carbons (Fsp3) is 0.286. The Kier molecular flexibility index (Phi) is 5.65. The lowest BCUT2D eigenvalue weighted by molar-refractivity contribution is -0.126. The van der Waals surface area contributed by atoms with Gasteiger partial charge in [-0.1, -0.05) is 36.4 Å². The van der Waals surface area contributed by atoms with Crippen molar-refractivity contribution in [1.29, 1.82) is 0 Å². The van der Waals surface area contributed by atoms with Crippen LogP contribution in [0.5, 0.6) is 0 Å². The predicted octanol–water partition coefficient (Wildman–Crippen LogP) is 3.74. The van der Waals surface area contributed by atoms with Crippen molar-refractivity contribution in [2.75, 3.05) is 17.5 Å². The Bertz CT molecular complexity index is 950. The maximum Gasteiger partial charge on any atom is 0.247 e. The molecule has 0 spiro atoms. The number of nitrogens with one attached hydrogen (secondary N) is 1. The van der Waals surface area contributed by atoms with Crippen LogP contribution in [0.3, 0.4) is 0 Å². The minimum absolute atomic E-state index is 0.000842. The van der Waals surface area contributed by atoms with Gasteiger partial charge in [0.05, 0.1) is 12.3 Å². The Morgan fingerprint density at radius 2 is 1.85 bits per heavy atom. The van der Waals surface area contributed by atoms with E-state index in [4.69, 9.17) is 0 Å². The highest BCUT2D eigenvalue weighted by molar-refractivity contribution is 7.92. The Hall–Kier alpha value is -2.60. The van der Waals surface area contributed by atoms with Gasteiger partial charge in [-0.15, -0.1) is 0 Å². The van der Waals surface area contributed by atoms with Crippen molar-refractivity contribution in [2.24, 2.45) is 0 Å². The number of hydrogen-bond acceptors (Lipinski definition) is 3. The van der Waals surface area contributed by atoms with Crippen LogP contribution in [0.4, 0.5) is 5.69 Å². The molecule has 0 aliphatic carbocycles. The van der Waals surface area contributed by atoms with Gasteiger partial charge in [-0.05, 0) is 54.7 Å². The standard InChI is InChI=1S/C21H24N2O3S/c1-16-6-3-4-7-19(16)20-8-5-15-23(20)21(24)14-11-17-9-12-18(13-10-17)22-27(2,25)26/h3-4,6-7,9-14,20,22H,5,8,15H2,1-2H3. The zero-order valence-corrected chi connectivity index (χ0v) is 16.4. The molecule has 0 saturated carbocycles. The molecule has 2 aromatic rings. The Labute approximate surface area is 160 Å². The van der Waals surface area contributed by atoms with Crippen LogP contribution < -0.4 is 4.72 Å². The molecule has 3 rings (SSSR count). The quantitative estimate of drug-likeness (QED) is 0.799. The number of sulfonamides is 1. The van der Waals surface area contributed by atoms with E-state index in [0.29, 0.717) is 5.69 Å². The molecular weight excluding hydrogens is 360 g/mol. The molecule has 1 amide bonds. The summed E-state index contributed by atoms with van der Waals surface area (Å²) in [6.07, 6.45) is 6.45. The Morgan fingerprint density at radius 1 is 1.15 bits per heavy atom. The van der Waals surface area contributed by atoms with Crippen LogP contribution in [0.1, 0.15) is 35.6 Å². The van der Waals surface area contributed by atoms with Gasteiger partial charge in [-0.3, -0.25) is 9.52 Å². The second-order valence-electron chi connectivity index (χ2n) is 6.88. The van der Waals surface area contributed by atoms with Gasteiger partial charge in [-0.25, -0.2) is 8.42 Å². The highest BCUT2D eigenvalue weighted by Crippen LogP contribution is 2.33. The van der Waals surface area contributed by atoms with Gasteiger partial charge < -0.3 is 4.90 Å². The topological polar surface area (TPSA) is 66.5 Å². The number of amides is 1. The predicted molar refractivity (Wildman–Crippen MR) is 109 cm³/mol. The second-order valence-corrected chi connectivity index (χ2v) is 8.62. The largest absolute Gasteiger partial charge is 0.332 e. The van der Waals surface area contributed by atoms with E-state index in [1.807, 2.05) is 17.0 Å². The summed E-state index contributed by atoms with van der Waals surface area (Å²) in [4.78, 5) is 14.6. The lowest BCUT2D eigenvalue weighted by atomic mass is 9.99. The lowest BCUT2D eigenvalue weighted by Gasteiger charge is -2.25. The first kappa shape index (κ1) is 19.2. The number of nitrogens with zero attached hydrogens (tertiary/aromatic N) is 1. The summed E-state index contributed by atoms with van der Waals surface area (Å²) >= 11 is 0. The molecule has 1 unspecified atom stereocenters. The third kappa shape index (κ3) is 4.98. The second kappa shape index (κ2) is 7.96. The average Bonchev–Trinajstić information content (AvgIpc) is 3.09. The van der Waals surface area contributed by atoms with E-state index in [0.717, 1.165) is 31.2 Å². The van der Waals surface area contributed by atoms with E-state index in [-0.39, 0.29) is 11.9 Å². The minimum Gasteiger partial charge on any atom is -0.332 e. The molecule has 27 heavy (non-hydrogen) atoms. The monoisotopic (exact) mass is 384 g/mol. The molecule has 5 nitrogen and oxygen atoms in total. The molecule has 6 heteroatoms. The number of likely N-dealkylation sites (tertiary alicyclic amines) is 1. The van der Waals surface area contributed by atoms with Crippen molar-refractivity contribution in [3.63, 3.8) is 0 Å². The van der Waals surface area contributed by atoms with Crippen LogP contribution in [0.25, 0.3) is 6.08 Å². The van der Waals surface area contributed by atoms with Gasteiger partial charge in [-0.2, -0.15) is 0 Å². The van der Waals surface area contributed by atoms with Crippen molar-refractivity contribution in [2.45, 2.75) is 25.8 Å². The van der Waals surface area contributed by atoms with E-state index >= 15 is 0 Å². The number of carbonyl (C=O) groups excluding carboxylic acids is 1. The average molecular weight is 385 g/mol. The molecule has 1 fully saturated rings. The normalized spacial score (nSPS) is 17.4. The highest BCUT2D eigenvalue weighted by atomic mass is 32.2. The summed E-state index contributed by atoms with van der Waals surface area (Å²) in [7, 11) is -3.29. The van der Waals surface area contributed by atoms with E-state index in [1.54, 1.807) is 36.4 Å². The third-order valence-corrected chi connectivity index (χ3v) is 5.32. The van der Waals surface area contributed by atoms with Crippen LogP contribution >= 0.6 is 0 Å². The summed E-state index contributed by atoms with van der Waals surface area (Å²) in [6.45, 7) is 2.84. The van der Waals surface area contributed by atoms with Gasteiger partial charge in [0.2, 0.25) is 15.9 Å². The van der Waals surface area contributed by atoms with Gasteiger partial charge in [0.1, 0.15) is 0 Å². The summed E-state index contributed by atoms with van der Waals surface area (Å²) < 4.78 is 24.9. The number of hydrogen-bond donors (Lipinski definition) is 1. The molecule has 1 saturated heterocycles. The first-order valence-electron chi connectivity index (χ1n) is 8.95. The summed E-state index contributed by atoms with van der Waals surface area (Å²) in [5.41, 5.74) is 3.77. The SMILES string of the molecule is Cc1ccccc1C1CCCN1C(=O)C=Cc1ccc(NS(C)(=O)=O)cc1. The molecule has 1 aliphatic heterocycles. The number of carbonyl (C=O) groups is 1. The van der Waals surface area contributed by atoms with Crippen molar-refractivity contribution in [1.82, 2.24) is 4.90 Å². The molecular formula is C21H24N2O3S. The van der Waals surface area contributed by atoms with Gasteiger partial charge >= 0.3 is 0 Å². The van der Waals surface area contributed by atoms with Gasteiger partial charge in [0.15, 0.2) is 0 Å². The number of anilines is 1. The minimum atomic E-state index is -3.29. The van der Waals surface area contributed by atoms with Gasteiger partial charge in [0, 0.05) is 18.3 Å². The number of aryl methyl sites for hydroxylation is 1. The number of rotatable bonds is 5. The Balaban J connectivity index is 1.70. The molecule has 142 valence electrons. The smallest absolute Gasteiger partial charge is 0.247 e. The zero-order valence-electron chi connectivity index (χ0n) is 15.6. The molecule has 1 aliphatic rings. The van der Waals surface area contributed by atoms with Crippen LogP contribution in [0, 0.1) is 6.92 Å². The van der Waals surface area contributed by atoms with E-state index < -0.39 is 10.0 Å². The maximum absolute atomic E-state index is 12.7. The van der Waals surface area contributed by atoms with Gasteiger partial charge in [0.25, 0.3) is 0 Å². The molecule has 0 aromatic heterocycles. The van der Waals surface area contributed by atoms with E-state index in [1.165, 1.54) is 11.1 Å². The Morgan fingerprint density at radius 3 is 2.52 bits per heavy atom. The first-order valence-corrected chi connectivity index (χ1v) is 10.8. The van der Waals surface area contributed by atoms with Crippen LogP contribution in [-0.2, 0) is 14.8 Å². The molecule has 0 bridgehead atoms. The molecule has 1 heterocycles. The highest BCUT2D eigenvalue weighted by Gasteiger charge is 2.29. The number of benzene rings is 2. The fourth-order valence-electron chi connectivity index (χ4n) is 3.45. The molecule has 2 aromatic carbocycles. The third-order valence-electron chi connectivity index (χ3n) is 4.72. The first-order chi connectivity index (χ1) is 12.8. The summed E-state index contributed by atoms with van der Waals surface area (Å²) in [5.74, 6) is -0.000842. The summed E-state index contributed by atoms with van der Waals surface area (Å²) in [6, 6.07) is 15.3. The van der Waals surface area contributed by atoms with Crippen LogP contribution in [-0.4, -0.2) is 32.0 Å². The molecule has 0 radical (unpaired) electrons. The van der Waals surface area contributed by atoms with Crippen molar-refractivity contribution in [3.05, 3.63) is 71.3 Å². The maximum atomic E-state index is 12.7. The zero-order chi connectivity index (χ0) is 19.4.